The van der Waals surface area contributed by atoms with Gasteiger partial charge in [-0.2, -0.15) is 0 Å². The second-order valence-electron chi connectivity index (χ2n) is 6.29. The lowest BCUT2D eigenvalue weighted by molar-refractivity contribution is -0.132. The zero-order valence-corrected chi connectivity index (χ0v) is 11.0. The molecule has 2 aliphatic rings. The van der Waals surface area contributed by atoms with Crippen molar-refractivity contribution in [1.82, 2.24) is 15.5 Å². The van der Waals surface area contributed by atoms with E-state index in [1.165, 1.54) is 0 Å². The van der Waals surface area contributed by atoms with Crippen LogP contribution in [-0.2, 0) is 9.59 Å². The number of carbonyl (C=O) groups is 3. The van der Waals surface area contributed by atoms with Crippen LogP contribution in [0.4, 0.5) is 4.79 Å². The first-order chi connectivity index (χ1) is 8.22. The van der Waals surface area contributed by atoms with Crippen molar-refractivity contribution in [3.8, 4) is 0 Å². The first-order valence-corrected chi connectivity index (χ1v) is 6.13. The summed E-state index contributed by atoms with van der Waals surface area (Å²) < 4.78 is 0. The predicted octanol–water partition coefficient (Wildman–Crippen LogP) is 0.233. The molecule has 6 heteroatoms. The fourth-order valence-electron chi connectivity index (χ4n) is 2.40. The SMILES string of the molecule is CC(C)(C)CC(=O)N1CCC2(C1)NC(=O)NC2=O. The highest BCUT2D eigenvalue weighted by molar-refractivity contribution is 6.07. The monoisotopic (exact) mass is 253 g/mol. The van der Waals surface area contributed by atoms with Gasteiger partial charge in [0.25, 0.3) is 5.91 Å². The van der Waals surface area contributed by atoms with Crippen LogP contribution in [0.25, 0.3) is 0 Å². The molecule has 2 aliphatic heterocycles. The summed E-state index contributed by atoms with van der Waals surface area (Å²) in [5.74, 6) is -0.285. The van der Waals surface area contributed by atoms with Gasteiger partial charge in [0.1, 0.15) is 5.54 Å². The quantitative estimate of drug-likeness (QED) is 0.657. The maximum Gasteiger partial charge on any atom is 0.322 e. The average molecular weight is 253 g/mol. The number of hydrogen-bond donors (Lipinski definition) is 2. The van der Waals surface area contributed by atoms with Gasteiger partial charge in [0.2, 0.25) is 5.91 Å². The van der Waals surface area contributed by atoms with E-state index in [9.17, 15) is 14.4 Å². The molecule has 2 rings (SSSR count). The Morgan fingerprint density at radius 2 is 2.06 bits per heavy atom. The number of hydrogen-bond acceptors (Lipinski definition) is 3. The molecule has 1 unspecified atom stereocenters. The van der Waals surface area contributed by atoms with Gasteiger partial charge in [0.05, 0.1) is 6.54 Å². The minimum absolute atomic E-state index is 0.0355. The molecule has 18 heavy (non-hydrogen) atoms. The van der Waals surface area contributed by atoms with Gasteiger partial charge in [0.15, 0.2) is 0 Å². The molecule has 4 amide bonds. The highest BCUT2D eigenvalue weighted by Crippen LogP contribution is 2.27. The third-order valence-electron chi connectivity index (χ3n) is 3.32. The third-order valence-corrected chi connectivity index (χ3v) is 3.32. The Balaban J connectivity index is 2.03. The molecule has 0 saturated carbocycles. The van der Waals surface area contributed by atoms with Crippen molar-refractivity contribution in [3.05, 3.63) is 0 Å². The maximum absolute atomic E-state index is 12.1. The summed E-state index contributed by atoms with van der Waals surface area (Å²) >= 11 is 0. The molecule has 0 radical (unpaired) electrons. The molecule has 100 valence electrons. The van der Waals surface area contributed by atoms with Crippen LogP contribution >= 0.6 is 0 Å². The molecule has 2 fully saturated rings. The van der Waals surface area contributed by atoms with E-state index in [0.29, 0.717) is 19.4 Å². The topological polar surface area (TPSA) is 78.5 Å². The molecule has 2 N–H and O–H groups in total. The van der Waals surface area contributed by atoms with Crippen LogP contribution < -0.4 is 10.6 Å². The predicted molar refractivity (Wildman–Crippen MR) is 64.7 cm³/mol. The molecule has 0 aromatic heterocycles. The molecule has 1 spiro atoms. The molecule has 0 aromatic carbocycles. The lowest BCUT2D eigenvalue weighted by Gasteiger charge is -2.24. The fourth-order valence-corrected chi connectivity index (χ4v) is 2.40. The Morgan fingerprint density at radius 3 is 2.56 bits per heavy atom. The van der Waals surface area contributed by atoms with Crippen LogP contribution in [0.3, 0.4) is 0 Å². The van der Waals surface area contributed by atoms with E-state index in [0.717, 1.165) is 0 Å². The normalized spacial score (nSPS) is 27.6. The van der Waals surface area contributed by atoms with Gasteiger partial charge in [-0.15, -0.1) is 0 Å². The van der Waals surface area contributed by atoms with Crippen LogP contribution in [0.1, 0.15) is 33.6 Å². The van der Waals surface area contributed by atoms with Crippen molar-refractivity contribution in [2.45, 2.75) is 39.2 Å². The summed E-state index contributed by atoms with van der Waals surface area (Å²) in [7, 11) is 0. The smallest absolute Gasteiger partial charge is 0.322 e. The van der Waals surface area contributed by atoms with Gasteiger partial charge in [-0.1, -0.05) is 20.8 Å². The summed E-state index contributed by atoms with van der Waals surface area (Å²) in [6.45, 7) is 6.80. The van der Waals surface area contributed by atoms with Crippen molar-refractivity contribution in [3.63, 3.8) is 0 Å². The summed E-state index contributed by atoms with van der Waals surface area (Å²) in [5, 5.41) is 4.86. The Morgan fingerprint density at radius 1 is 1.39 bits per heavy atom. The van der Waals surface area contributed by atoms with Gasteiger partial charge in [-0.3, -0.25) is 14.9 Å². The number of nitrogens with zero attached hydrogens (tertiary/aromatic N) is 1. The number of carbonyl (C=O) groups excluding carboxylic acids is 3. The van der Waals surface area contributed by atoms with Crippen LogP contribution in [0, 0.1) is 5.41 Å². The van der Waals surface area contributed by atoms with Crippen molar-refractivity contribution < 1.29 is 14.4 Å². The van der Waals surface area contributed by atoms with E-state index >= 15 is 0 Å². The number of rotatable bonds is 1. The van der Waals surface area contributed by atoms with Gasteiger partial charge < -0.3 is 10.2 Å². The fraction of sp³-hybridized carbons (Fsp3) is 0.750. The van der Waals surface area contributed by atoms with Gasteiger partial charge in [-0.25, -0.2) is 4.79 Å². The van der Waals surface area contributed by atoms with Crippen LogP contribution in [0.2, 0.25) is 0 Å². The van der Waals surface area contributed by atoms with Crippen molar-refractivity contribution in [2.24, 2.45) is 5.41 Å². The molecular formula is C12H19N3O3. The van der Waals surface area contributed by atoms with Crippen molar-refractivity contribution in [1.29, 1.82) is 0 Å². The summed E-state index contributed by atoms with van der Waals surface area (Å²) in [4.78, 5) is 36.6. The van der Waals surface area contributed by atoms with Gasteiger partial charge in [0, 0.05) is 13.0 Å². The molecule has 2 saturated heterocycles. The standard InChI is InChI=1S/C12H19N3O3/c1-11(2,3)6-8(16)15-5-4-12(7-15)9(17)13-10(18)14-12/h4-7H2,1-3H3,(H2,13,14,17,18). The van der Waals surface area contributed by atoms with Crippen molar-refractivity contribution in [2.75, 3.05) is 13.1 Å². The third kappa shape index (κ3) is 2.32. The van der Waals surface area contributed by atoms with E-state index < -0.39 is 11.6 Å². The summed E-state index contributed by atoms with van der Waals surface area (Å²) in [5.41, 5.74) is -0.974. The highest BCUT2D eigenvalue weighted by atomic mass is 16.2. The van der Waals surface area contributed by atoms with E-state index in [-0.39, 0.29) is 23.8 Å². The second kappa shape index (κ2) is 3.96. The van der Waals surface area contributed by atoms with Gasteiger partial charge in [-0.05, 0) is 11.8 Å². The lowest BCUT2D eigenvalue weighted by Crippen LogP contribution is -2.49. The number of imide groups is 1. The second-order valence-corrected chi connectivity index (χ2v) is 6.29. The number of nitrogens with one attached hydrogen (secondary N) is 2. The van der Waals surface area contributed by atoms with E-state index in [1.807, 2.05) is 20.8 Å². The number of likely N-dealkylation sites (tertiary alicyclic amines) is 1. The van der Waals surface area contributed by atoms with E-state index in [2.05, 4.69) is 10.6 Å². The largest absolute Gasteiger partial charge is 0.340 e. The molecule has 0 aliphatic carbocycles. The molecule has 0 bridgehead atoms. The van der Waals surface area contributed by atoms with Gasteiger partial charge >= 0.3 is 6.03 Å². The summed E-state index contributed by atoms with van der Waals surface area (Å²) in [6, 6.07) is -0.467. The Hall–Kier alpha value is -1.59. The van der Waals surface area contributed by atoms with E-state index in [4.69, 9.17) is 0 Å². The molecule has 1 atom stereocenters. The molecule has 6 nitrogen and oxygen atoms in total. The Kier molecular flexibility index (Phi) is 2.83. The number of amides is 4. The van der Waals surface area contributed by atoms with Crippen LogP contribution in [0.5, 0.6) is 0 Å². The Bertz CT molecular complexity index is 413. The van der Waals surface area contributed by atoms with Crippen LogP contribution in [0.15, 0.2) is 0 Å². The number of urea groups is 1. The molecular weight excluding hydrogens is 234 g/mol. The maximum atomic E-state index is 12.1. The zero-order chi connectivity index (χ0) is 13.6. The highest BCUT2D eigenvalue weighted by Gasteiger charge is 2.51. The molecule has 0 aromatic rings. The average Bonchev–Trinajstić information content (AvgIpc) is 2.70. The first-order valence-electron chi connectivity index (χ1n) is 6.13. The van der Waals surface area contributed by atoms with Crippen molar-refractivity contribution >= 4 is 17.8 Å². The minimum Gasteiger partial charge on any atom is -0.340 e. The van der Waals surface area contributed by atoms with E-state index in [1.54, 1.807) is 4.90 Å². The first kappa shape index (κ1) is 12.9. The lowest BCUT2D eigenvalue weighted by atomic mass is 9.91. The van der Waals surface area contributed by atoms with Crippen LogP contribution in [-0.4, -0.2) is 41.4 Å². The summed E-state index contributed by atoms with van der Waals surface area (Å²) in [6.07, 6.45) is 0.930. The minimum atomic E-state index is -0.898. The Labute approximate surface area is 106 Å². The molecule has 2 heterocycles. The zero-order valence-electron chi connectivity index (χ0n) is 11.0.